The largest absolute Gasteiger partial charge is 0.481 e. The molecule has 0 radical (unpaired) electrons. The molecule has 2 heteroatoms. The van der Waals surface area contributed by atoms with Crippen molar-refractivity contribution in [3.63, 3.8) is 0 Å². The monoisotopic (exact) mass is 76.1 g/mol. The molecule has 0 aromatic heterocycles. The topological polar surface area (TPSA) is 37.3 Å². The fourth-order valence-electron chi connectivity index (χ4n) is 0. The van der Waals surface area contributed by atoms with Gasteiger partial charge in [0.1, 0.15) is 0 Å². The van der Waals surface area contributed by atoms with Gasteiger partial charge in [0.25, 0.3) is 5.97 Å². The van der Waals surface area contributed by atoms with E-state index in [4.69, 9.17) is 9.90 Å². The van der Waals surface area contributed by atoms with Crippen molar-refractivity contribution in [2.45, 2.75) is 14.4 Å². The third-order valence-corrected chi connectivity index (χ3v) is 0. The zero-order valence-electron chi connectivity index (χ0n) is 2.36. The maximum atomic E-state index is 9.00. The van der Waals surface area contributed by atoms with Crippen molar-refractivity contribution in [1.29, 1.82) is 0 Å². The first-order valence-corrected chi connectivity index (χ1v) is 0.928. The van der Waals surface area contributed by atoms with Crippen LogP contribution in [0, 0.1) is 0 Å². The molecule has 0 aliphatic carbocycles. The average Bonchev–Trinajstić information content (AvgIpc) is 0.811. The quantitative estimate of drug-likeness (QED) is 0.461. The first-order valence-electron chi connectivity index (χ1n) is 0.928. The summed E-state index contributed by atoms with van der Waals surface area (Å²) in [5.74, 6) is -0.833. The van der Waals surface area contributed by atoms with Crippen molar-refractivity contribution >= 4 is 5.97 Å². The molecule has 5 heavy (non-hydrogen) atoms. The number of rotatable bonds is 0. The molecular formula is C3H8O2. The Bertz CT molecular complexity index is 27.9. The molecule has 0 saturated heterocycles. The van der Waals surface area contributed by atoms with E-state index in [1.807, 2.05) is 0 Å². The van der Waals surface area contributed by atoms with Gasteiger partial charge >= 0.3 is 0 Å². The van der Waals surface area contributed by atoms with Gasteiger partial charge in [-0.3, -0.25) is 4.79 Å². The Labute approximate surface area is 31.4 Å². The van der Waals surface area contributed by atoms with Crippen LogP contribution in [0.5, 0.6) is 0 Å². The molecule has 0 amide bonds. The highest BCUT2D eigenvalue weighted by atomic mass is 16.4. The van der Waals surface area contributed by atoms with Gasteiger partial charge < -0.3 is 5.11 Å². The molecular weight excluding hydrogens is 68.0 g/mol. The van der Waals surface area contributed by atoms with Gasteiger partial charge in [0.2, 0.25) is 0 Å². The van der Waals surface area contributed by atoms with Crippen molar-refractivity contribution < 1.29 is 9.90 Å². The van der Waals surface area contributed by atoms with Gasteiger partial charge in [-0.15, -0.1) is 0 Å². The van der Waals surface area contributed by atoms with Gasteiger partial charge in [-0.25, -0.2) is 0 Å². The molecule has 0 spiro atoms. The summed E-state index contributed by atoms with van der Waals surface area (Å²) in [6.45, 7) is 1.08. The minimum Gasteiger partial charge on any atom is -0.481 e. The van der Waals surface area contributed by atoms with Gasteiger partial charge in [0, 0.05) is 6.92 Å². The molecule has 0 heterocycles. The number of aliphatic carboxylic acids is 1. The number of hydrogen-bond acceptors (Lipinski definition) is 1. The normalized spacial score (nSPS) is 5.00. The van der Waals surface area contributed by atoms with Crippen molar-refractivity contribution in [3.8, 4) is 0 Å². The molecule has 32 valence electrons. The smallest absolute Gasteiger partial charge is 0.300 e. The predicted octanol–water partition coefficient (Wildman–Crippen LogP) is 0.727. The Morgan fingerprint density at radius 3 is 1.80 bits per heavy atom. The maximum Gasteiger partial charge on any atom is 0.300 e. The second-order valence-electron chi connectivity index (χ2n) is 0.519. The van der Waals surface area contributed by atoms with Crippen LogP contribution in [0.25, 0.3) is 0 Å². The summed E-state index contributed by atoms with van der Waals surface area (Å²) < 4.78 is 0. The molecule has 2 nitrogen and oxygen atoms in total. The van der Waals surface area contributed by atoms with Gasteiger partial charge in [-0.2, -0.15) is 0 Å². The molecule has 1 N–H and O–H groups in total. The van der Waals surface area contributed by atoms with E-state index in [2.05, 4.69) is 0 Å². The minimum atomic E-state index is -0.833. The standard InChI is InChI=1S/C2H4O2.CH4/c1-2(3)4;/h1H3,(H,3,4);1H4. The van der Waals surface area contributed by atoms with E-state index in [0.29, 0.717) is 0 Å². The molecule has 0 aliphatic heterocycles. The lowest BCUT2D eigenvalue weighted by Gasteiger charge is -1.59. The zero-order valence-corrected chi connectivity index (χ0v) is 2.36. The second kappa shape index (κ2) is 3.47. The number of carboxylic acids is 1. The van der Waals surface area contributed by atoms with E-state index in [1.54, 1.807) is 0 Å². The molecule has 0 unspecified atom stereocenters. The highest BCUT2D eigenvalue weighted by Gasteiger charge is 1.65. The van der Waals surface area contributed by atoms with Gasteiger partial charge in [0.15, 0.2) is 0 Å². The van der Waals surface area contributed by atoms with Crippen LogP contribution in [-0.4, -0.2) is 11.1 Å². The lowest BCUT2D eigenvalue weighted by molar-refractivity contribution is -0.134. The van der Waals surface area contributed by atoms with Crippen molar-refractivity contribution in [2.24, 2.45) is 0 Å². The van der Waals surface area contributed by atoms with E-state index in [1.165, 1.54) is 0 Å². The van der Waals surface area contributed by atoms with Crippen LogP contribution in [0.4, 0.5) is 0 Å². The molecule has 0 rings (SSSR count). The Morgan fingerprint density at radius 1 is 1.80 bits per heavy atom. The first-order chi connectivity index (χ1) is 1.73. The van der Waals surface area contributed by atoms with Crippen LogP contribution in [0.2, 0.25) is 0 Å². The molecule has 0 fully saturated rings. The second-order valence-corrected chi connectivity index (χ2v) is 0.519. The summed E-state index contributed by atoms with van der Waals surface area (Å²) in [5, 5.41) is 7.42. The average molecular weight is 76.1 g/mol. The number of hydrogen-bond donors (Lipinski definition) is 1. The van der Waals surface area contributed by atoms with Crippen LogP contribution >= 0.6 is 0 Å². The fourth-order valence-corrected chi connectivity index (χ4v) is 0. The van der Waals surface area contributed by atoms with Crippen molar-refractivity contribution in [2.75, 3.05) is 0 Å². The van der Waals surface area contributed by atoms with Crippen LogP contribution in [0.3, 0.4) is 0 Å². The van der Waals surface area contributed by atoms with E-state index >= 15 is 0 Å². The summed E-state index contributed by atoms with van der Waals surface area (Å²) >= 11 is 0. The van der Waals surface area contributed by atoms with Gasteiger partial charge in [-0.1, -0.05) is 7.43 Å². The maximum absolute atomic E-state index is 9.00. The summed E-state index contributed by atoms with van der Waals surface area (Å²) in [6.07, 6.45) is 0. The third kappa shape index (κ3) is 26.7. The lowest BCUT2D eigenvalue weighted by atomic mass is 10.9. The lowest BCUT2D eigenvalue weighted by Crippen LogP contribution is -1.78. The number of carbonyl (C=O) groups is 1. The van der Waals surface area contributed by atoms with Crippen LogP contribution < -0.4 is 0 Å². The highest BCUT2D eigenvalue weighted by molar-refractivity contribution is 5.62. The first kappa shape index (κ1) is 8.82. The van der Waals surface area contributed by atoms with Crippen molar-refractivity contribution in [1.82, 2.24) is 0 Å². The van der Waals surface area contributed by atoms with Crippen LogP contribution in [0.1, 0.15) is 14.4 Å². The molecule has 0 aromatic rings. The van der Waals surface area contributed by atoms with Crippen LogP contribution in [-0.2, 0) is 4.79 Å². The fraction of sp³-hybridized carbons (Fsp3) is 0.667. The van der Waals surface area contributed by atoms with E-state index in [9.17, 15) is 0 Å². The summed E-state index contributed by atoms with van der Waals surface area (Å²) in [5.41, 5.74) is 0. The Hall–Kier alpha value is -0.530. The Balaban J connectivity index is 0. The van der Waals surface area contributed by atoms with Crippen LogP contribution in [0.15, 0.2) is 0 Å². The van der Waals surface area contributed by atoms with Gasteiger partial charge in [-0.05, 0) is 0 Å². The summed E-state index contributed by atoms with van der Waals surface area (Å²) in [4.78, 5) is 9.00. The predicted molar refractivity (Wildman–Crippen MR) is 20.0 cm³/mol. The number of carboxylic acid groups (broad SMARTS) is 1. The SMILES string of the molecule is C.CC(=O)O. The minimum absolute atomic E-state index is 0. The van der Waals surface area contributed by atoms with Crippen molar-refractivity contribution in [3.05, 3.63) is 0 Å². The molecule has 0 atom stereocenters. The molecule has 0 aliphatic rings. The molecule has 0 bridgehead atoms. The Kier molecular flexibility index (Phi) is 6.12. The zero-order chi connectivity index (χ0) is 3.58. The summed E-state index contributed by atoms with van der Waals surface area (Å²) in [6, 6.07) is 0. The third-order valence-electron chi connectivity index (χ3n) is 0. The molecule has 0 saturated carbocycles. The van der Waals surface area contributed by atoms with Gasteiger partial charge in [0.05, 0.1) is 0 Å². The highest BCUT2D eigenvalue weighted by Crippen LogP contribution is 1.42. The molecule has 0 aromatic carbocycles. The van der Waals surface area contributed by atoms with E-state index in [-0.39, 0.29) is 7.43 Å². The van der Waals surface area contributed by atoms with E-state index in [0.717, 1.165) is 6.92 Å². The van der Waals surface area contributed by atoms with E-state index < -0.39 is 5.97 Å². The summed E-state index contributed by atoms with van der Waals surface area (Å²) in [7, 11) is 0. The Morgan fingerprint density at radius 2 is 1.80 bits per heavy atom.